The zero-order valence-corrected chi connectivity index (χ0v) is 7.04. The standard InChI is InChI=1S/C7H15NO3/c1-8(10-2)7(9)5-3-4-6-11-7/h9H,3-6H2,1-2H3. The summed E-state index contributed by atoms with van der Waals surface area (Å²) in [6.07, 6.45) is 2.60. The normalized spacial score (nSPS) is 32.7. The van der Waals surface area contributed by atoms with Gasteiger partial charge in [-0.2, -0.15) is 0 Å². The minimum absolute atomic E-state index is 0.601. The highest BCUT2D eigenvalue weighted by atomic mass is 16.8. The summed E-state index contributed by atoms with van der Waals surface area (Å²) in [6, 6.07) is 0. The molecule has 1 saturated heterocycles. The number of hydroxylamine groups is 2. The van der Waals surface area contributed by atoms with E-state index in [0.717, 1.165) is 12.8 Å². The van der Waals surface area contributed by atoms with Gasteiger partial charge < -0.3 is 9.84 Å². The smallest absolute Gasteiger partial charge is 0.249 e. The highest BCUT2D eigenvalue weighted by Gasteiger charge is 2.35. The second kappa shape index (κ2) is 3.49. The van der Waals surface area contributed by atoms with Crippen molar-refractivity contribution in [3.05, 3.63) is 0 Å². The van der Waals surface area contributed by atoms with Gasteiger partial charge in [0.15, 0.2) is 0 Å². The molecule has 0 amide bonds. The van der Waals surface area contributed by atoms with E-state index in [9.17, 15) is 5.11 Å². The predicted octanol–water partition coefficient (Wildman–Crippen LogP) is 0.326. The van der Waals surface area contributed by atoms with E-state index in [1.54, 1.807) is 7.05 Å². The summed E-state index contributed by atoms with van der Waals surface area (Å²) in [5.41, 5.74) is 0. The summed E-state index contributed by atoms with van der Waals surface area (Å²) in [4.78, 5) is 4.85. The van der Waals surface area contributed by atoms with Gasteiger partial charge in [-0.1, -0.05) is 0 Å². The Labute approximate surface area is 66.7 Å². The van der Waals surface area contributed by atoms with E-state index in [1.807, 2.05) is 0 Å². The van der Waals surface area contributed by atoms with Gasteiger partial charge in [0.2, 0.25) is 5.91 Å². The number of nitrogens with zero attached hydrogens (tertiary/aromatic N) is 1. The number of rotatable bonds is 2. The minimum Gasteiger partial charge on any atom is -0.352 e. The van der Waals surface area contributed by atoms with Crippen LogP contribution in [0.15, 0.2) is 0 Å². The van der Waals surface area contributed by atoms with Crippen LogP contribution < -0.4 is 0 Å². The minimum atomic E-state index is -1.20. The van der Waals surface area contributed by atoms with Crippen LogP contribution >= 0.6 is 0 Å². The molecule has 1 N–H and O–H groups in total. The quantitative estimate of drug-likeness (QED) is 0.468. The van der Waals surface area contributed by atoms with E-state index in [2.05, 4.69) is 0 Å². The van der Waals surface area contributed by atoms with Crippen molar-refractivity contribution in [2.75, 3.05) is 20.8 Å². The molecular formula is C7H15NO3. The molecule has 0 bridgehead atoms. The highest BCUT2D eigenvalue weighted by Crippen LogP contribution is 2.24. The fourth-order valence-corrected chi connectivity index (χ4v) is 1.16. The molecule has 66 valence electrons. The third-order valence-corrected chi connectivity index (χ3v) is 2.00. The van der Waals surface area contributed by atoms with Gasteiger partial charge >= 0.3 is 0 Å². The molecule has 0 saturated carbocycles. The Kier molecular flexibility index (Phi) is 2.84. The van der Waals surface area contributed by atoms with Crippen molar-refractivity contribution in [2.45, 2.75) is 25.2 Å². The first-order valence-corrected chi connectivity index (χ1v) is 3.83. The fraction of sp³-hybridized carbons (Fsp3) is 1.00. The van der Waals surface area contributed by atoms with Gasteiger partial charge in [-0.15, -0.1) is 5.06 Å². The zero-order valence-electron chi connectivity index (χ0n) is 7.04. The van der Waals surface area contributed by atoms with Crippen LogP contribution in [0, 0.1) is 0 Å². The van der Waals surface area contributed by atoms with Gasteiger partial charge in [0.1, 0.15) is 0 Å². The van der Waals surface area contributed by atoms with Gasteiger partial charge in [-0.3, -0.25) is 4.84 Å². The van der Waals surface area contributed by atoms with Gasteiger partial charge in [0, 0.05) is 13.5 Å². The van der Waals surface area contributed by atoms with Crippen molar-refractivity contribution in [1.29, 1.82) is 0 Å². The Balaban J connectivity index is 2.49. The molecule has 4 heteroatoms. The summed E-state index contributed by atoms with van der Waals surface area (Å²) < 4.78 is 5.17. The third kappa shape index (κ3) is 1.90. The molecular weight excluding hydrogens is 146 g/mol. The molecule has 4 nitrogen and oxygen atoms in total. The lowest BCUT2D eigenvalue weighted by atomic mass is 10.1. The van der Waals surface area contributed by atoms with E-state index in [-0.39, 0.29) is 0 Å². The maximum Gasteiger partial charge on any atom is 0.249 e. The van der Waals surface area contributed by atoms with Crippen molar-refractivity contribution in [3.63, 3.8) is 0 Å². The number of hydrogen-bond donors (Lipinski definition) is 1. The molecule has 1 aliphatic rings. The van der Waals surface area contributed by atoms with E-state index >= 15 is 0 Å². The SMILES string of the molecule is CON(C)C1(O)CCCCO1. The molecule has 1 atom stereocenters. The van der Waals surface area contributed by atoms with Crippen molar-refractivity contribution in [3.8, 4) is 0 Å². The van der Waals surface area contributed by atoms with Crippen LogP contribution in [0.2, 0.25) is 0 Å². The summed E-state index contributed by atoms with van der Waals surface area (Å²) in [7, 11) is 3.17. The van der Waals surface area contributed by atoms with Crippen LogP contribution in [0.4, 0.5) is 0 Å². The van der Waals surface area contributed by atoms with Gasteiger partial charge in [0.05, 0.1) is 13.7 Å². The molecule has 0 aliphatic carbocycles. The lowest BCUT2D eigenvalue weighted by molar-refractivity contribution is -0.388. The van der Waals surface area contributed by atoms with Gasteiger partial charge in [0.25, 0.3) is 0 Å². The Hall–Kier alpha value is -0.160. The molecule has 0 spiro atoms. The average molecular weight is 161 g/mol. The van der Waals surface area contributed by atoms with Crippen molar-refractivity contribution in [2.24, 2.45) is 0 Å². The molecule has 0 aromatic heterocycles. The molecule has 1 heterocycles. The third-order valence-electron chi connectivity index (χ3n) is 2.00. The second-order valence-corrected chi connectivity index (χ2v) is 2.73. The van der Waals surface area contributed by atoms with Crippen molar-refractivity contribution in [1.82, 2.24) is 5.06 Å². The molecule has 1 rings (SSSR count). The Morgan fingerprint density at radius 3 is 2.73 bits per heavy atom. The lowest BCUT2D eigenvalue weighted by Gasteiger charge is -2.37. The van der Waals surface area contributed by atoms with Crippen LogP contribution in [0.1, 0.15) is 19.3 Å². The predicted molar refractivity (Wildman–Crippen MR) is 39.5 cm³/mol. The summed E-state index contributed by atoms with van der Waals surface area (Å²) in [5.74, 6) is -1.20. The number of aliphatic hydroxyl groups is 1. The lowest BCUT2D eigenvalue weighted by Crippen LogP contribution is -2.50. The number of ether oxygens (including phenoxy) is 1. The summed E-state index contributed by atoms with van der Waals surface area (Å²) in [5, 5.41) is 11.1. The fourth-order valence-electron chi connectivity index (χ4n) is 1.16. The molecule has 1 fully saturated rings. The zero-order chi connectivity index (χ0) is 8.32. The van der Waals surface area contributed by atoms with E-state index in [4.69, 9.17) is 9.57 Å². The van der Waals surface area contributed by atoms with E-state index in [1.165, 1.54) is 12.2 Å². The van der Waals surface area contributed by atoms with Crippen LogP contribution in [0.25, 0.3) is 0 Å². The van der Waals surface area contributed by atoms with E-state index in [0.29, 0.717) is 13.0 Å². The molecule has 0 aromatic rings. The first kappa shape index (κ1) is 8.93. The first-order chi connectivity index (χ1) is 5.19. The maximum absolute atomic E-state index is 9.72. The largest absolute Gasteiger partial charge is 0.352 e. The van der Waals surface area contributed by atoms with Crippen molar-refractivity contribution >= 4 is 0 Å². The van der Waals surface area contributed by atoms with Gasteiger partial charge in [-0.25, -0.2) is 0 Å². The van der Waals surface area contributed by atoms with Crippen LogP contribution in [0.5, 0.6) is 0 Å². The highest BCUT2D eigenvalue weighted by molar-refractivity contribution is 4.65. The maximum atomic E-state index is 9.72. The molecule has 1 aliphatic heterocycles. The Bertz CT molecular complexity index is 123. The van der Waals surface area contributed by atoms with Gasteiger partial charge in [-0.05, 0) is 12.8 Å². The topological polar surface area (TPSA) is 41.9 Å². The molecule has 11 heavy (non-hydrogen) atoms. The summed E-state index contributed by atoms with van der Waals surface area (Å²) >= 11 is 0. The molecule has 1 unspecified atom stereocenters. The summed E-state index contributed by atoms with van der Waals surface area (Å²) in [6.45, 7) is 0.601. The monoisotopic (exact) mass is 161 g/mol. The van der Waals surface area contributed by atoms with Crippen LogP contribution in [0.3, 0.4) is 0 Å². The number of hydrogen-bond acceptors (Lipinski definition) is 4. The Morgan fingerprint density at radius 2 is 2.27 bits per heavy atom. The average Bonchev–Trinajstić information content (AvgIpc) is 2.04. The van der Waals surface area contributed by atoms with E-state index < -0.39 is 5.91 Å². The Morgan fingerprint density at radius 1 is 1.55 bits per heavy atom. The van der Waals surface area contributed by atoms with Crippen molar-refractivity contribution < 1.29 is 14.7 Å². The van der Waals surface area contributed by atoms with Crippen LogP contribution in [-0.2, 0) is 9.57 Å². The molecule has 0 aromatic carbocycles. The first-order valence-electron chi connectivity index (χ1n) is 3.83. The van der Waals surface area contributed by atoms with Crippen LogP contribution in [-0.4, -0.2) is 36.8 Å². The molecule has 0 radical (unpaired) electrons. The second-order valence-electron chi connectivity index (χ2n) is 2.73.